The van der Waals surface area contributed by atoms with Gasteiger partial charge < -0.3 is 20.3 Å². The van der Waals surface area contributed by atoms with Crippen molar-refractivity contribution in [3.05, 3.63) is 71.3 Å². The van der Waals surface area contributed by atoms with Crippen molar-refractivity contribution >= 4 is 30.5 Å². The number of amides is 3. The summed E-state index contributed by atoms with van der Waals surface area (Å²) in [6, 6.07) is 15.5. The van der Waals surface area contributed by atoms with Crippen molar-refractivity contribution < 1.29 is 19.1 Å². The lowest BCUT2D eigenvalue weighted by molar-refractivity contribution is -0.142. The smallest absolute Gasteiger partial charge is 0.408 e. The molecule has 0 heterocycles. The summed E-state index contributed by atoms with van der Waals surface area (Å²) in [5.74, 6) is -0.581. The lowest BCUT2D eigenvalue weighted by Gasteiger charge is -2.34. The van der Waals surface area contributed by atoms with E-state index in [0.29, 0.717) is 18.7 Å². The SMILES string of the molecule is CCCCCCCN(C(=O)C(CS)NC(=O)OC(C)(C)C)C(C(=O)NCc1ccccc1)c1ccc(C)cc1. The molecule has 0 spiro atoms. The Bertz CT molecular complexity index is 1040. The van der Waals surface area contributed by atoms with Crippen LogP contribution in [-0.4, -0.2) is 46.7 Å². The van der Waals surface area contributed by atoms with Crippen LogP contribution in [0.25, 0.3) is 0 Å². The van der Waals surface area contributed by atoms with E-state index >= 15 is 0 Å². The van der Waals surface area contributed by atoms with E-state index in [0.717, 1.165) is 43.2 Å². The minimum Gasteiger partial charge on any atom is -0.444 e. The Morgan fingerprint density at radius 3 is 2.18 bits per heavy atom. The van der Waals surface area contributed by atoms with Crippen LogP contribution >= 0.6 is 12.6 Å². The third kappa shape index (κ3) is 11.3. The van der Waals surface area contributed by atoms with Crippen molar-refractivity contribution in [2.75, 3.05) is 12.3 Å². The maximum atomic E-state index is 14.0. The van der Waals surface area contributed by atoms with E-state index in [4.69, 9.17) is 4.74 Å². The van der Waals surface area contributed by atoms with Crippen molar-refractivity contribution in [2.45, 2.75) is 91.0 Å². The molecule has 0 saturated carbocycles. The van der Waals surface area contributed by atoms with Gasteiger partial charge in [0.05, 0.1) is 0 Å². The molecule has 3 amide bonds. The Balaban J connectivity index is 2.38. The van der Waals surface area contributed by atoms with Gasteiger partial charge in [0.25, 0.3) is 0 Å². The molecule has 2 aromatic rings. The Morgan fingerprint density at radius 1 is 0.949 bits per heavy atom. The topological polar surface area (TPSA) is 87.7 Å². The lowest BCUT2D eigenvalue weighted by atomic mass is 10.0. The number of nitrogens with zero attached hydrogens (tertiary/aromatic N) is 1. The largest absolute Gasteiger partial charge is 0.444 e. The summed E-state index contributed by atoms with van der Waals surface area (Å²) in [6.45, 7) is 10.1. The van der Waals surface area contributed by atoms with Gasteiger partial charge in [-0.2, -0.15) is 12.6 Å². The molecule has 214 valence electrons. The molecule has 0 aliphatic carbocycles. The monoisotopic (exact) mass is 555 g/mol. The van der Waals surface area contributed by atoms with Gasteiger partial charge >= 0.3 is 6.09 Å². The molecule has 2 rings (SSSR count). The zero-order valence-electron chi connectivity index (χ0n) is 24.0. The van der Waals surface area contributed by atoms with Crippen LogP contribution in [0.4, 0.5) is 4.79 Å². The molecule has 0 radical (unpaired) electrons. The first-order valence-corrected chi connectivity index (χ1v) is 14.5. The third-order valence-corrected chi connectivity index (χ3v) is 6.59. The number of aryl methyl sites for hydroxylation is 1. The molecule has 0 saturated heterocycles. The van der Waals surface area contributed by atoms with Gasteiger partial charge in [0.1, 0.15) is 17.7 Å². The molecular weight excluding hydrogens is 510 g/mol. The standard InChI is InChI=1S/C31H45N3O4S/c1-6-7-8-9-13-20-34(29(36)26(22-39)33-30(37)38-31(3,4)5)27(25-18-16-23(2)17-19-25)28(35)32-21-24-14-11-10-12-15-24/h10-12,14-19,26-27,39H,6-9,13,20-22H2,1-5H3,(H,32,35)(H,33,37). The van der Waals surface area contributed by atoms with Gasteiger partial charge in [0.2, 0.25) is 11.8 Å². The molecule has 2 N–H and O–H groups in total. The van der Waals surface area contributed by atoms with Gasteiger partial charge in [-0.15, -0.1) is 0 Å². The van der Waals surface area contributed by atoms with Crippen LogP contribution in [-0.2, 0) is 20.9 Å². The van der Waals surface area contributed by atoms with Crippen LogP contribution in [0.3, 0.4) is 0 Å². The highest BCUT2D eigenvalue weighted by Gasteiger charge is 2.35. The summed E-state index contributed by atoms with van der Waals surface area (Å²) >= 11 is 4.36. The Morgan fingerprint density at radius 2 is 1.59 bits per heavy atom. The van der Waals surface area contributed by atoms with E-state index in [1.807, 2.05) is 61.5 Å². The number of hydrogen-bond donors (Lipinski definition) is 3. The van der Waals surface area contributed by atoms with E-state index in [-0.39, 0.29) is 17.6 Å². The van der Waals surface area contributed by atoms with Crippen LogP contribution in [0.15, 0.2) is 54.6 Å². The number of carbonyl (C=O) groups is 3. The zero-order valence-corrected chi connectivity index (χ0v) is 24.9. The van der Waals surface area contributed by atoms with Crippen molar-refractivity contribution in [1.29, 1.82) is 0 Å². The number of rotatable bonds is 14. The van der Waals surface area contributed by atoms with Gasteiger partial charge in [0.15, 0.2) is 0 Å². The Hall–Kier alpha value is -3.00. The molecule has 39 heavy (non-hydrogen) atoms. The van der Waals surface area contributed by atoms with Gasteiger partial charge in [-0.3, -0.25) is 9.59 Å². The molecule has 2 unspecified atom stereocenters. The second-order valence-corrected chi connectivity index (χ2v) is 11.2. The summed E-state index contributed by atoms with van der Waals surface area (Å²) < 4.78 is 5.38. The first kappa shape index (κ1) is 32.2. The highest BCUT2D eigenvalue weighted by Crippen LogP contribution is 2.25. The van der Waals surface area contributed by atoms with E-state index < -0.39 is 23.8 Å². The number of carbonyl (C=O) groups excluding carboxylic acids is 3. The fourth-order valence-corrected chi connectivity index (χ4v) is 4.44. The average molecular weight is 556 g/mol. The van der Waals surface area contributed by atoms with E-state index in [1.165, 1.54) is 0 Å². The van der Waals surface area contributed by atoms with Gasteiger partial charge in [-0.05, 0) is 45.2 Å². The molecule has 0 aromatic heterocycles. The van der Waals surface area contributed by atoms with Crippen molar-refractivity contribution in [1.82, 2.24) is 15.5 Å². The first-order chi connectivity index (χ1) is 18.6. The molecule has 0 aliphatic rings. The van der Waals surface area contributed by atoms with Gasteiger partial charge in [0, 0.05) is 18.8 Å². The summed E-state index contributed by atoms with van der Waals surface area (Å²) in [5, 5.41) is 5.69. The summed E-state index contributed by atoms with van der Waals surface area (Å²) in [5.41, 5.74) is 2.02. The van der Waals surface area contributed by atoms with Crippen LogP contribution in [0, 0.1) is 6.92 Å². The fourth-order valence-electron chi connectivity index (χ4n) is 4.19. The molecule has 7 nitrogen and oxygen atoms in total. The summed E-state index contributed by atoms with van der Waals surface area (Å²) in [4.78, 5) is 41.9. The van der Waals surface area contributed by atoms with Crippen molar-refractivity contribution in [3.63, 3.8) is 0 Å². The molecule has 2 aromatic carbocycles. The highest BCUT2D eigenvalue weighted by atomic mass is 32.1. The summed E-state index contributed by atoms with van der Waals surface area (Å²) in [6.07, 6.45) is 4.27. The second-order valence-electron chi connectivity index (χ2n) is 10.8. The zero-order chi connectivity index (χ0) is 28.8. The minimum absolute atomic E-state index is 0.0661. The fraction of sp³-hybridized carbons (Fsp3) is 0.516. The van der Waals surface area contributed by atoms with Crippen LogP contribution in [0.5, 0.6) is 0 Å². The second kappa shape index (κ2) is 16.2. The predicted molar refractivity (Wildman–Crippen MR) is 160 cm³/mol. The quantitative estimate of drug-likeness (QED) is 0.198. The normalized spacial score (nSPS) is 12.8. The molecule has 0 bridgehead atoms. The van der Waals surface area contributed by atoms with Gasteiger partial charge in [-0.25, -0.2) is 4.79 Å². The maximum Gasteiger partial charge on any atom is 0.408 e. The van der Waals surface area contributed by atoms with Gasteiger partial charge in [-0.1, -0.05) is 92.8 Å². The minimum atomic E-state index is -0.950. The third-order valence-electron chi connectivity index (χ3n) is 6.22. The molecule has 0 fully saturated rings. The molecular formula is C31H45N3O4S. The van der Waals surface area contributed by atoms with Crippen molar-refractivity contribution in [2.24, 2.45) is 0 Å². The van der Waals surface area contributed by atoms with Crippen LogP contribution < -0.4 is 10.6 Å². The predicted octanol–water partition coefficient (Wildman–Crippen LogP) is 5.97. The number of unbranched alkanes of at least 4 members (excludes halogenated alkanes) is 4. The first-order valence-electron chi connectivity index (χ1n) is 13.8. The number of thiol groups is 1. The molecule has 2 atom stereocenters. The van der Waals surface area contributed by atoms with Crippen LogP contribution in [0.1, 0.15) is 82.5 Å². The van der Waals surface area contributed by atoms with E-state index in [9.17, 15) is 14.4 Å². The summed E-state index contributed by atoms with van der Waals surface area (Å²) in [7, 11) is 0. The number of nitrogens with one attached hydrogen (secondary N) is 2. The number of benzene rings is 2. The Labute approximate surface area is 239 Å². The number of ether oxygens (including phenoxy) is 1. The molecule has 8 heteroatoms. The highest BCUT2D eigenvalue weighted by molar-refractivity contribution is 7.80. The number of hydrogen-bond acceptors (Lipinski definition) is 5. The molecule has 0 aliphatic heterocycles. The van der Waals surface area contributed by atoms with Crippen molar-refractivity contribution in [3.8, 4) is 0 Å². The number of alkyl carbamates (subject to hydrolysis) is 1. The average Bonchev–Trinajstić information content (AvgIpc) is 2.89. The Kier molecular flexibility index (Phi) is 13.4. The van der Waals surface area contributed by atoms with Crippen LogP contribution in [0.2, 0.25) is 0 Å². The van der Waals surface area contributed by atoms with E-state index in [2.05, 4.69) is 30.2 Å². The van der Waals surface area contributed by atoms with E-state index in [1.54, 1.807) is 25.7 Å². The lowest BCUT2D eigenvalue weighted by Crippen LogP contribution is -2.54. The maximum absolute atomic E-state index is 14.0.